The van der Waals surface area contributed by atoms with Gasteiger partial charge >= 0.3 is 23.9 Å². The lowest BCUT2D eigenvalue weighted by Crippen LogP contribution is -2.30. The van der Waals surface area contributed by atoms with E-state index in [2.05, 4.69) is 62.4 Å². The van der Waals surface area contributed by atoms with Crippen molar-refractivity contribution in [3.63, 3.8) is 0 Å². The van der Waals surface area contributed by atoms with Gasteiger partial charge in [-0.25, -0.2) is 0 Å². The molecular weight excluding hydrogens is 779 g/mol. The van der Waals surface area contributed by atoms with Gasteiger partial charge in [0.1, 0.15) is 23.7 Å². The third-order valence-electron chi connectivity index (χ3n) is 12.3. The van der Waals surface area contributed by atoms with Crippen molar-refractivity contribution in [1.29, 1.82) is 0 Å². The number of aromatic nitrogens is 1. The average molecular weight is 838 g/mol. The summed E-state index contributed by atoms with van der Waals surface area (Å²) in [6, 6.07) is 31.8. The highest BCUT2D eigenvalue weighted by molar-refractivity contribution is 5.97. The lowest BCUT2D eigenvalue weighted by molar-refractivity contribution is -0.153. The van der Waals surface area contributed by atoms with Crippen LogP contribution in [0.4, 0.5) is 0 Å². The predicted molar refractivity (Wildman–Crippen MR) is 240 cm³/mol. The highest BCUT2D eigenvalue weighted by Crippen LogP contribution is 2.38. The van der Waals surface area contributed by atoms with E-state index in [1.54, 1.807) is 18.3 Å². The van der Waals surface area contributed by atoms with Crippen molar-refractivity contribution in [2.24, 2.45) is 11.8 Å². The van der Waals surface area contributed by atoms with Gasteiger partial charge in [0, 0.05) is 35.4 Å². The number of benzene rings is 4. The van der Waals surface area contributed by atoms with E-state index in [1.165, 1.54) is 11.1 Å². The molecule has 2 aliphatic rings. The highest BCUT2D eigenvalue weighted by Gasteiger charge is 2.32. The Morgan fingerprint density at radius 1 is 0.516 bits per heavy atom. The summed E-state index contributed by atoms with van der Waals surface area (Å²) in [4.78, 5) is 57.3. The molecule has 0 N–H and O–H groups in total. The van der Waals surface area contributed by atoms with Gasteiger partial charge in [-0.1, -0.05) is 106 Å². The zero-order chi connectivity index (χ0) is 43.3. The van der Waals surface area contributed by atoms with Crippen LogP contribution < -0.4 is 9.47 Å². The van der Waals surface area contributed by atoms with Crippen LogP contribution in [-0.2, 0) is 54.3 Å². The number of ether oxygens (including phenoxy) is 4. The summed E-state index contributed by atoms with van der Waals surface area (Å²) in [5, 5.41) is 1.16. The SMILES string of the molecule is CCCc1ccc(CCC(=O)OC2CCC(C(=O)Oc3ccc(OC(=O)C4CCC(OC(=O)CCc5ccc(CCC)cc5)CC4)c4cc(-c5ccccc5)ncc34)CC2)cc1. The van der Waals surface area contributed by atoms with Gasteiger partial charge in [0.05, 0.1) is 17.5 Å². The molecule has 0 amide bonds. The second kappa shape index (κ2) is 21.8. The number of hydrogen-bond donors (Lipinski definition) is 0. The van der Waals surface area contributed by atoms with Crippen LogP contribution in [0.2, 0.25) is 0 Å². The number of esters is 4. The maximum Gasteiger partial charge on any atom is 0.314 e. The van der Waals surface area contributed by atoms with Crippen LogP contribution in [0, 0.1) is 11.8 Å². The highest BCUT2D eigenvalue weighted by atomic mass is 16.6. The summed E-state index contributed by atoms with van der Waals surface area (Å²) in [6.45, 7) is 4.32. The largest absolute Gasteiger partial charge is 0.462 e. The molecule has 0 aliphatic heterocycles. The molecule has 0 saturated heterocycles. The summed E-state index contributed by atoms with van der Waals surface area (Å²) in [7, 11) is 0. The predicted octanol–water partition coefficient (Wildman–Crippen LogP) is 11.1. The fraction of sp³-hybridized carbons (Fsp3) is 0.415. The van der Waals surface area contributed by atoms with E-state index in [-0.39, 0.29) is 47.9 Å². The Morgan fingerprint density at radius 2 is 0.935 bits per heavy atom. The van der Waals surface area contributed by atoms with E-state index >= 15 is 0 Å². The van der Waals surface area contributed by atoms with Crippen LogP contribution in [0.5, 0.6) is 11.5 Å². The molecule has 0 bridgehead atoms. The topological polar surface area (TPSA) is 118 Å². The summed E-state index contributed by atoms with van der Waals surface area (Å²) >= 11 is 0. The molecule has 2 fully saturated rings. The van der Waals surface area contributed by atoms with Gasteiger partial charge in [-0.15, -0.1) is 0 Å². The lowest BCUT2D eigenvalue weighted by atomic mass is 9.87. The quantitative estimate of drug-likeness (QED) is 0.0666. The van der Waals surface area contributed by atoms with Gasteiger partial charge in [-0.05, 0) is 118 Å². The van der Waals surface area contributed by atoms with E-state index < -0.39 is 0 Å². The standard InChI is InChI=1S/C53H59NO8/c1-3-8-36-12-16-38(17-13-36)20-32-50(55)59-43-26-22-41(23-27-43)52(57)61-48-30-31-49(46-35-54-47(34-45(46)48)40-10-6-5-7-11-40)62-53(58)42-24-28-44(29-25-42)60-51(56)33-21-39-18-14-37(9-4-2)15-19-39/h5-7,10-19,30-31,34-35,41-44H,3-4,8-9,20-29,32-33H2,1-2H3. The first-order chi connectivity index (χ1) is 30.2. The van der Waals surface area contributed by atoms with Crippen molar-refractivity contribution in [3.8, 4) is 22.8 Å². The fourth-order valence-electron chi connectivity index (χ4n) is 8.65. The Balaban J connectivity index is 0.924. The molecular formula is C53H59NO8. The molecule has 2 aliphatic carbocycles. The van der Waals surface area contributed by atoms with Crippen molar-refractivity contribution in [2.75, 3.05) is 0 Å². The molecule has 62 heavy (non-hydrogen) atoms. The Morgan fingerprint density at radius 3 is 1.37 bits per heavy atom. The minimum Gasteiger partial charge on any atom is -0.462 e. The Kier molecular flexibility index (Phi) is 15.6. The van der Waals surface area contributed by atoms with Gasteiger partial charge in [-0.3, -0.25) is 24.2 Å². The van der Waals surface area contributed by atoms with E-state index in [1.807, 2.05) is 36.4 Å². The molecule has 1 aromatic heterocycles. The van der Waals surface area contributed by atoms with E-state index in [0.717, 1.165) is 42.4 Å². The van der Waals surface area contributed by atoms with Crippen molar-refractivity contribution in [2.45, 2.75) is 129 Å². The third-order valence-corrected chi connectivity index (χ3v) is 12.3. The summed E-state index contributed by atoms with van der Waals surface area (Å²) in [5.74, 6) is -1.11. The Labute approximate surface area is 365 Å². The molecule has 0 radical (unpaired) electrons. The maximum absolute atomic E-state index is 13.7. The van der Waals surface area contributed by atoms with Crippen LogP contribution in [0.15, 0.2) is 103 Å². The van der Waals surface area contributed by atoms with Crippen LogP contribution >= 0.6 is 0 Å². The van der Waals surface area contributed by atoms with E-state index in [0.29, 0.717) is 105 Å². The Bertz CT molecular complexity index is 2270. The van der Waals surface area contributed by atoms with Crippen molar-refractivity contribution in [1.82, 2.24) is 4.98 Å². The smallest absolute Gasteiger partial charge is 0.314 e. The normalized spacial score (nSPS) is 18.7. The first-order valence-electron chi connectivity index (χ1n) is 22.7. The van der Waals surface area contributed by atoms with Crippen LogP contribution in [0.25, 0.3) is 22.0 Å². The molecule has 5 aromatic rings. The second-order valence-corrected chi connectivity index (χ2v) is 16.9. The molecule has 0 atom stereocenters. The number of carbonyl (C=O) groups is 4. The number of pyridine rings is 1. The lowest BCUT2D eigenvalue weighted by Gasteiger charge is -2.27. The van der Waals surface area contributed by atoms with Gasteiger partial charge in [0.2, 0.25) is 0 Å². The molecule has 0 spiro atoms. The number of carbonyl (C=O) groups excluding carboxylic acids is 4. The monoisotopic (exact) mass is 837 g/mol. The van der Waals surface area contributed by atoms with Crippen molar-refractivity contribution < 1.29 is 38.1 Å². The van der Waals surface area contributed by atoms with Crippen LogP contribution in [0.1, 0.15) is 113 Å². The number of nitrogens with zero attached hydrogens (tertiary/aromatic N) is 1. The molecule has 9 heteroatoms. The first-order valence-corrected chi connectivity index (χ1v) is 22.7. The number of rotatable bonds is 17. The van der Waals surface area contributed by atoms with Gasteiger partial charge in [-0.2, -0.15) is 0 Å². The van der Waals surface area contributed by atoms with E-state index in [9.17, 15) is 19.2 Å². The molecule has 0 unspecified atom stereocenters. The van der Waals surface area contributed by atoms with Gasteiger partial charge < -0.3 is 18.9 Å². The molecule has 324 valence electrons. The molecule has 1 heterocycles. The maximum atomic E-state index is 13.7. The zero-order valence-corrected chi connectivity index (χ0v) is 36.2. The minimum atomic E-state index is -0.349. The molecule has 9 nitrogen and oxygen atoms in total. The molecule has 7 rings (SSSR count). The van der Waals surface area contributed by atoms with E-state index in [4.69, 9.17) is 23.9 Å². The number of fused-ring (bicyclic) bond motifs is 1. The van der Waals surface area contributed by atoms with Crippen molar-refractivity contribution in [3.05, 3.63) is 126 Å². The molecule has 2 saturated carbocycles. The third kappa shape index (κ3) is 12.2. The average Bonchev–Trinajstić information content (AvgIpc) is 3.30. The molecule has 4 aromatic carbocycles. The second-order valence-electron chi connectivity index (χ2n) is 16.9. The Hall–Kier alpha value is -5.83. The number of aryl methyl sites for hydroxylation is 4. The summed E-state index contributed by atoms with van der Waals surface area (Å²) < 4.78 is 23.8. The minimum absolute atomic E-state index is 0.215. The first kappa shape index (κ1) is 44.2. The van der Waals surface area contributed by atoms with Crippen LogP contribution in [-0.4, -0.2) is 41.1 Å². The van der Waals surface area contributed by atoms with Gasteiger partial charge in [0.25, 0.3) is 0 Å². The summed E-state index contributed by atoms with van der Waals surface area (Å²) in [6.07, 6.45) is 12.0. The number of hydrogen-bond acceptors (Lipinski definition) is 9. The summed E-state index contributed by atoms with van der Waals surface area (Å²) in [5.41, 5.74) is 6.42. The fourth-order valence-corrected chi connectivity index (χ4v) is 8.65. The van der Waals surface area contributed by atoms with Gasteiger partial charge in [0.15, 0.2) is 0 Å². The van der Waals surface area contributed by atoms with Crippen LogP contribution in [0.3, 0.4) is 0 Å². The zero-order valence-electron chi connectivity index (χ0n) is 36.2. The van der Waals surface area contributed by atoms with Crippen molar-refractivity contribution >= 4 is 34.6 Å².